The zero-order valence-corrected chi connectivity index (χ0v) is 12.4. The Hall–Kier alpha value is -1.86. The summed E-state index contributed by atoms with van der Waals surface area (Å²) < 4.78 is 0.629. The fourth-order valence-corrected chi connectivity index (χ4v) is 2.91. The van der Waals surface area contributed by atoms with Crippen molar-refractivity contribution < 1.29 is 9.90 Å². The molecule has 0 aliphatic carbocycles. The molecule has 3 aromatic rings. The molecule has 20 heavy (non-hydrogen) atoms. The monoisotopic (exact) mass is 349 g/mol. The number of aromatic carboxylic acids is 1. The van der Waals surface area contributed by atoms with Crippen LogP contribution in [0.2, 0.25) is 0 Å². The van der Waals surface area contributed by atoms with E-state index in [0.29, 0.717) is 14.7 Å². The lowest BCUT2D eigenvalue weighted by atomic mass is 10.3. The van der Waals surface area contributed by atoms with Crippen LogP contribution in [0.25, 0.3) is 11.0 Å². The van der Waals surface area contributed by atoms with Crippen molar-refractivity contribution in [2.75, 3.05) is 0 Å². The van der Waals surface area contributed by atoms with E-state index in [1.54, 1.807) is 6.20 Å². The number of fused-ring (bicyclic) bond motifs is 1. The standard InChI is InChI=1S/C13H8BrN3O2S/c14-7-5-8(12(18)19)11(15-6-7)20-13-16-9-3-1-2-4-10(9)17-13/h1-6H,(H,16,17)(H,18,19). The van der Waals surface area contributed by atoms with E-state index in [0.717, 1.165) is 11.0 Å². The minimum Gasteiger partial charge on any atom is -0.478 e. The summed E-state index contributed by atoms with van der Waals surface area (Å²) in [5.41, 5.74) is 1.89. The predicted molar refractivity (Wildman–Crippen MR) is 79.1 cm³/mol. The van der Waals surface area contributed by atoms with Gasteiger partial charge in [-0.25, -0.2) is 14.8 Å². The lowest BCUT2D eigenvalue weighted by Gasteiger charge is -2.02. The van der Waals surface area contributed by atoms with Gasteiger partial charge in [-0.1, -0.05) is 12.1 Å². The maximum absolute atomic E-state index is 11.2. The fraction of sp³-hybridized carbons (Fsp3) is 0. The van der Waals surface area contributed by atoms with Gasteiger partial charge in [0.2, 0.25) is 0 Å². The average Bonchev–Trinajstić information content (AvgIpc) is 2.82. The summed E-state index contributed by atoms with van der Waals surface area (Å²) in [4.78, 5) is 22.9. The summed E-state index contributed by atoms with van der Waals surface area (Å²) >= 11 is 4.42. The second-order valence-electron chi connectivity index (χ2n) is 3.97. The maximum atomic E-state index is 11.2. The molecule has 5 nitrogen and oxygen atoms in total. The Labute approximate surface area is 126 Å². The number of halogens is 1. The van der Waals surface area contributed by atoms with E-state index in [-0.39, 0.29) is 5.56 Å². The Morgan fingerprint density at radius 2 is 2.15 bits per heavy atom. The third-order valence-electron chi connectivity index (χ3n) is 2.61. The van der Waals surface area contributed by atoms with Crippen molar-refractivity contribution in [2.45, 2.75) is 10.2 Å². The number of nitrogens with one attached hydrogen (secondary N) is 1. The topological polar surface area (TPSA) is 78.9 Å². The molecule has 0 fully saturated rings. The minimum atomic E-state index is -1.02. The highest BCUT2D eigenvalue weighted by Gasteiger charge is 2.15. The quantitative estimate of drug-likeness (QED) is 0.755. The van der Waals surface area contributed by atoms with Crippen molar-refractivity contribution in [3.8, 4) is 0 Å². The van der Waals surface area contributed by atoms with Gasteiger partial charge in [0.05, 0.1) is 16.6 Å². The Kier molecular flexibility index (Phi) is 3.45. The van der Waals surface area contributed by atoms with Crippen LogP contribution in [0.15, 0.2) is 51.2 Å². The van der Waals surface area contributed by atoms with Crippen molar-refractivity contribution in [2.24, 2.45) is 0 Å². The number of pyridine rings is 1. The van der Waals surface area contributed by atoms with Crippen LogP contribution in [0, 0.1) is 0 Å². The molecular weight excluding hydrogens is 342 g/mol. The second-order valence-corrected chi connectivity index (χ2v) is 5.87. The Morgan fingerprint density at radius 3 is 2.90 bits per heavy atom. The predicted octanol–water partition coefficient (Wildman–Crippen LogP) is 3.57. The second kappa shape index (κ2) is 5.26. The van der Waals surface area contributed by atoms with E-state index in [1.165, 1.54) is 17.8 Å². The Morgan fingerprint density at radius 1 is 1.35 bits per heavy atom. The number of H-pyrrole nitrogens is 1. The molecule has 0 spiro atoms. The third kappa shape index (κ3) is 2.54. The molecule has 2 heterocycles. The molecule has 0 bridgehead atoms. The van der Waals surface area contributed by atoms with Crippen LogP contribution in [0.3, 0.4) is 0 Å². The van der Waals surface area contributed by atoms with Crippen LogP contribution in [0.5, 0.6) is 0 Å². The number of benzene rings is 1. The first-order valence-corrected chi connectivity index (χ1v) is 7.26. The number of aromatic nitrogens is 3. The SMILES string of the molecule is O=C(O)c1cc(Br)cnc1Sc1nc2ccccc2[nH]1. The highest BCUT2D eigenvalue weighted by Crippen LogP contribution is 2.29. The van der Waals surface area contributed by atoms with Gasteiger partial charge in [0.25, 0.3) is 0 Å². The molecule has 100 valence electrons. The molecule has 0 aliphatic heterocycles. The van der Waals surface area contributed by atoms with Crippen LogP contribution in [0.1, 0.15) is 10.4 Å². The molecule has 7 heteroatoms. The van der Waals surface area contributed by atoms with Gasteiger partial charge in [0.1, 0.15) is 5.03 Å². The van der Waals surface area contributed by atoms with Crippen LogP contribution in [-0.4, -0.2) is 26.0 Å². The highest BCUT2D eigenvalue weighted by atomic mass is 79.9. The van der Waals surface area contributed by atoms with Crippen molar-refractivity contribution in [3.05, 3.63) is 46.6 Å². The van der Waals surface area contributed by atoms with Gasteiger partial charge < -0.3 is 10.1 Å². The third-order valence-corrected chi connectivity index (χ3v) is 3.95. The number of hydrogen-bond acceptors (Lipinski definition) is 4. The molecule has 1 aromatic carbocycles. The number of carboxylic acid groups (broad SMARTS) is 1. The van der Waals surface area contributed by atoms with Crippen molar-refractivity contribution in [3.63, 3.8) is 0 Å². The largest absolute Gasteiger partial charge is 0.478 e. The summed E-state index contributed by atoms with van der Waals surface area (Å²) in [6.45, 7) is 0. The smallest absolute Gasteiger partial charge is 0.338 e. The fourth-order valence-electron chi connectivity index (χ4n) is 1.73. The average molecular weight is 350 g/mol. The van der Waals surface area contributed by atoms with Gasteiger partial charge in [-0.15, -0.1) is 0 Å². The van der Waals surface area contributed by atoms with Crippen molar-refractivity contribution in [1.82, 2.24) is 15.0 Å². The van der Waals surface area contributed by atoms with Gasteiger partial charge in [-0.3, -0.25) is 0 Å². The number of rotatable bonds is 3. The molecular formula is C13H8BrN3O2S. The van der Waals surface area contributed by atoms with E-state index in [1.807, 2.05) is 24.3 Å². The number of nitrogens with zero attached hydrogens (tertiary/aromatic N) is 2. The van der Waals surface area contributed by atoms with E-state index in [4.69, 9.17) is 0 Å². The van der Waals surface area contributed by atoms with Crippen molar-refractivity contribution in [1.29, 1.82) is 0 Å². The highest BCUT2D eigenvalue weighted by molar-refractivity contribution is 9.10. The molecule has 0 atom stereocenters. The summed E-state index contributed by atoms with van der Waals surface area (Å²) in [5.74, 6) is -1.02. The lowest BCUT2D eigenvalue weighted by Crippen LogP contribution is -2.00. The number of para-hydroxylation sites is 2. The molecule has 3 rings (SSSR count). The number of carbonyl (C=O) groups is 1. The molecule has 0 saturated heterocycles. The Balaban J connectivity index is 2.00. The number of carboxylic acids is 1. The molecule has 0 saturated carbocycles. The van der Waals surface area contributed by atoms with Gasteiger partial charge in [0.15, 0.2) is 5.16 Å². The summed E-state index contributed by atoms with van der Waals surface area (Å²) in [6.07, 6.45) is 1.57. The summed E-state index contributed by atoms with van der Waals surface area (Å²) in [7, 11) is 0. The van der Waals surface area contributed by atoms with E-state index >= 15 is 0 Å². The summed E-state index contributed by atoms with van der Waals surface area (Å²) in [6, 6.07) is 9.15. The number of aromatic amines is 1. The van der Waals surface area contributed by atoms with Gasteiger partial charge in [-0.2, -0.15) is 0 Å². The van der Waals surface area contributed by atoms with E-state index < -0.39 is 5.97 Å². The molecule has 0 radical (unpaired) electrons. The molecule has 0 unspecified atom stereocenters. The van der Waals surface area contributed by atoms with E-state index in [2.05, 4.69) is 30.9 Å². The molecule has 0 aliphatic rings. The maximum Gasteiger partial charge on any atom is 0.338 e. The first-order valence-electron chi connectivity index (χ1n) is 5.65. The normalized spacial score (nSPS) is 10.8. The van der Waals surface area contributed by atoms with Gasteiger partial charge in [0, 0.05) is 10.7 Å². The van der Waals surface area contributed by atoms with Gasteiger partial charge >= 0.3 is 5.97 Å². The van der Waals surface area contributed by atoms with Crippen LogP contribution >= 0.6 is 27.7 Å². The molecule has 2 N–H and O–H groups in total. The van der Waals surface area contributed by atoms with Crippen LogP contribution in [-0.2, 0) is 0 Å². The molecule has 2 aromatic heterocycles. The zero-order valence-electron chi connectivity index (χ0n) is 10.0. The van der Waals surface area contributed by atoms with Crippen LogP contribution in [0.4, 0.5) is 0 Å². The minimum absolute atomic E-state index is 0.143. The van der Waals surface area contributed by atoms with Crippen LogP contribution < -0.4 is 0 Å². The number of imidazole rings is 1. The molecule has 0 amide bonds. The lowest BCUT2D eigenvalue weighted by molar-refractivity contribution is 0.0692. The summed E-state index contributed by atoms with van der Waals surface area (Å²) in [5, 5.41) is 10.2. The first kappa shape index (κ1) is 13.1. The van der Waals surface area contributed by atoms with Gasteiger partial charge in [-0.05, 0) is 45.9 Å². The first-order chi connectivity index (χ1) is 9.63. The Bertz CT molecular complexity index is 770. The van der Waals surface area contributed by atoms with Crippen molar-refractivity contribution >= 4 is 44.7 Å². The van der Waals surface area contributed by atoms with E-state index in [9.17, 15) is 9.90 Å². The number of hydrogen-bond donors (Lipinski definition) is 2. The zero-order chi connectivity index (χ0) is 14.1.